The highest BCUT2D eigenvalue weighted by atomic mass is 16.6. The number of benzene rings is 1. The van der Waals surface area contributed by atoms with Gasteiger partial charge in [0.2, 0.25) is 0 Å². The maximum atomic E-state index is 12.8. The molecule has 2 aliphatic rings. The lowest BCUT2D eigenvalue weighted by molar-refractivity contribution is 0.0575. The van der Waals surface area contributed by atoms with Crippen molar-refractivity contribution >= 4 is 6.09 Å². The third kappa shape index (κ3) is 4.77. The van der Waals surface area contributed by atoms with Crippen LogP contribution in [-0.4, -0.2) is 60.1 Å². The summed E-state index contributed by atoms with van der Waals surface area (Å²) in [5.41, 5.74) is 3.56. The van der Waals surface area contributed by atoms with Crippen molar-refractivity contribution in [1.82, 2.24) is 20.1 Å². The first-order valence-electron chi connectivity index (χ1n) is 10.5. The normalized spacial score (nSPS) is 21.7. The maximum absolute atomic E-state index is 12.8. The van der Waals surface area contributed by atoms with Gasteiger partial charge in [0.25, 0.3) is 0 Å². The fourth-order valence-electron chi connectivity index (χ4n) is 4.44. The Morgan fingerprint density at radius 2 is 2.14 bits per heavy atom. The summed E-state index contributed by atoms with van der Waals surface area (Å²) in [5.74, 6) is 0. The SMILES string of the molecule is CN(CC1CNCCN1C(=O)OCc1ccccc1)C1CCCc2cccnc21. The van der Waals surface area contributed by atoms with Gasteiger partial charge in [0.05, 0.1) is 17.8 Å². The first-order valence-corrected chi connectivity index (χ1v) is 10.5. The minimum atomic E-state index is -0.226. The quantitative estimate of drug-likeness (QED) is 0.845. The van der Waals surface area contributed by atoms with Gasteiger partial charge in [-0.25, -0.2) is 4.79 Å². The number of aromatic nitrogens is 1. The third-order valence-electron chi connectivity index (χ3n) is 5.99. The predicted molar refractivity (Wildman–Crippen MR) is 113 cm³/mol. The molecule has 1 aliphatic heterocycles. The number of piperazine rings is 1. The molecule has 2 aromatic rings. The van der Waals surface area contributed by atoms with Crippen molar-refractivity contribution in [2.24, 2.45) is 0 Å². The molecule has 0 radical (unpaired) electrons. The smallest absolute Gasteiger partial charge is 0.410 e. The van der Waals surface area contributed by atoms with E-state index in [1.54, 1.807) is 0 Å². The second-order valence-electron chi connectivity index (χ2n) is 7.99. The second kappa shape index (κ2) is 9.37. The number of fused-ring (bicyclic) bond motifs is 1. The van der Waals surface area contributed by atoms with Crippen LogP contribution in [0.4, 0.5) is 4.79 Å². The molecule has 1 fully saturated rings. The average Bonchev–Trinajstić information content (AvgIpc) is 2.78. The van der Waals surface area contributed by atoms with E-state index in [0.29, 0.717) is 19.2 Å². The summed E-state index contributed by atoms with van der Waals surface area (Å²) in [6, 6.07) is 14.5. The summed E-state index contributed by atoms with van der Waals surface area (Å²) in [6.07, 6.45) is 5.06. The number of aryl methyl sites for hydroxylation is 1. The zero-order valence-corrected chi connectivity index (χ0v) is 17.1. The largest absolute Gasteiger partial charge is 0.445 e. The summed E-state index contributed by atoms with van der Waals surface area (Å²) >= 11 is 0. The van der Waals surface area contributed by atoms with Crippen LogP contribution in [0, 0.1) is 0 Å². The summed E-state index contributed by atoms with van der Waals surface area (Å²) in [7, 11) is 2.15. The van der Waals surface area contributed by atoms with Crippen molar-refractivity contribution < 1.29 is 9.53 Å². The molecule has 29 heavy (non-hydrogen) atoms. The second-order valence-corrected chi connectivity index (χ2v) is 7.99. The number of ether oxygens (including phenoxy) is 1. The number of likely N-dealkylation sites (N-methyl/N-ethyl adjacent to an activating group) is 1. The van der Waals surface area contributed by atoms with Gasteiger partial charge < -0.3 is 15.0 Å². The molecule has 2 atom stereocenters. The number of hydrogen-bond donors (Lipinski definition) is 1. The molecule has 1 amide bonds. The number of nitrogens with one attached hydrogen (secondary N) is 1. The molecule has 6 nitrogen and oxygen atoms in total. The Morgan fingerprint density at radius 1 is 1.28 bits per heavy atom. The van der Waals surface area contributed by atoms with Gasteiger partial charge in [-0.1, -0.05) is 36.4 Å². The van der Waals surface area contributed by atoms with E-state index in [1.165, 1.54) is 17.7 Å². The molecule has 6 heteroatoms. The lowest BCUT2D eigenvalue weighted by Gasteiger charge is -2.40. The number of pyridine rings is 1. The first-order chi connectivity index (χ1) is 14.2. The molecule has 2 heterocycles. The Kier molecular flexibility index (Phi) is 6.42. The van der Waals surface area contributed by atoms with Gasteiger partial charge in [-0.2, -0.15) is 0 Å². The van der Waals surface area contributed by atoms with Crippen molar-refractivity contribution in [2.75, 3.05) is 33.2 Å². The lowest BCUT2D eigenvalue weighted by Crippen LogP contribution is -2.57. The lowest BCUT2D eigenvalue weighted by atomic mass is 9.91. The Morgan fingerprint density at radius 3 is 3.00 bits per heavy atom. The van der Waals surface area contributed by atoms with Crippen LogP contribution in [0.2, 0.25) is 0 Å². The van der Waals surface area contributed by atoms with E-state index in [2.05, 4.69) is 28.3 Å². The number of hydrogen-bond acceptors (Lipinski definition) is 5. The minimum Gasteiger partial charge on any atom is -0.445 e. The van der Waals surface area contributed by atoms with E-state index in [-0.39, 0.29) is 12.1 Å². The fraction of sp³-hybridized carbons (Fsp3) is 0.478. The number of nitrogens with zero attached hydrogens (tertiary/aromatic N) is 3. The number of carbonyl (C=O) groups excluding carboxylic acids is 1. The van der Waals surface area contributed by atoms with Crippen LogP contribution in [-0.2, 0) is 17.8 Å². The Labute approximate surface area is 172 Å². The summed E-state index contributed by atoms with van der Waals surface area (Å²) in [4.78, 5) is 21.7. The molecule has 0 spiro atoms. The number of amides is 1. The Hall–Kier alpha value is -2.44. The highest BCUT2D eigenvalue weighted by Gasteiger charge is 2.32. The fourth-order valence-corrected chi connectivity index (χ4v) is 4.44. The van der Waals surface area contributed by atoms with E-state index in [1.807, 2.05) is 47.5 Å². The average molecular weight is 395 g/mol. The van der Waals surface area contributed by atoms with Crippen LogP contribution in [0.1, 0.15) is 35.7 Å². The van der Waals surface area contributed by atoms with Crippen LogP contribution < -0.4 is 5.32 Å². The maximum Gasteiger partial charge on any atom is 0.410 e. The molecule has 4 rings (SSSR count). The summed E-state index contributed by atoms with van der Waals surface area (Å²) < 4.78 is 5.61. The number of rotatable bonds is 5. The minimum absolute atomic E-state index is 0.0890. The van der Waals surface area contributed by atoms with Gasteiger partial charge in [0.1, 0.15) is 6.61 Å². The molecule has 0 saturated carbocycles. The molecule has 1 aromatic carbocycles. The Balaban J connectivity index is 1.39. The summed E-state index contributed by atoms with van der Waals surface area (Å²) in [6.45, 7) is 3.37. The zero-order chi connectivity index (χ0) is 20.1. The highest BCUT2D eigenvalue weighted by Crippen LogP contribution is 2.32. The monoisotopic (exact) mass is 394 g/mol. The van der Waals surface area contributed by atoms with Gasteiger partial charge in [0.15, 0.2) is 0 Å². The van der Waals surface area contributed by atoms with E-state index < -0.39 is 0 Å². The third-order valence-corrected chi connectivity index (χ3v) is 5.99. The van der Waals surface area contributed by atoms with Crippen molar-refractivity contribution in [1.29, 1.82) is 0 Å². The molecule has 1 aliphatic carbocycles. The molecular formula is C23H30N4O2. The number of carbonyl (C=O) groups is 1. The zero-order valence-electron chi connectivity index (χ0n) is 17.1. The van der Waals surface area contributed by atoms with Crippen molar-refractivity contribution in [2.45, 2.75) is 38.0 Å². The van der Waals surface area contributed by atoms with Crippen molar-refractivity contribution in [3.8, 4) is 0 Å². The molecule has 154 valence electrons. The van der Waals surface area contributed by atoms with E-state index in [9.17, 15) is 4.79 Å². The van der Waals surface area contributed by atoms with Crippen molar-refractivity contribution in [3.63, 3.8) is 0 Å². The molecule has 1 N–H and O–H groups in total. The van der Waals surface area contributed by atoms with Gasteiger partial charge >= 0.3 is 6.09 Å². The van der Waals surface area contributed by atoms with Crippen LogP contribution in [0.15, 0.2) is 48.7 Å². The highest BCUT2D eigenvalue weighted by molar-refractivity contribution is 5.68. The first kappa shape index (κ1) is 19.9. The molecule has 1 saturated heterocycles. The van der Waals surface area contributed by atoms with Crippen LogP contribution >= 0.6 is 0 Å². The topological polar surface area (TPSA) is 57.7 Å². The van der Waals surface area contributed by atoms with Gasteiger partial charge in [-0.15, -0.1) is 0 Å². The molecule has 2 unspecified atom stereocenters. The standard InChI is InChI=1S/C23H30N4O2/c1-26(21-11-5-9-19-10-6-12-25-22(19)21)16-20-15-24-13-14-27(20)23(28)29-17-18-7-3-2-4-8-18/h2-4,6-8,10,12,20-21,24H,5,9,11,13-17H2,1H3. The van der Waals surface area contributed by atoms with Gasteiger partial charge in [0, 0.05) is 32.4 Å². The van der Waals surface area contributed by atoms with E-state index in [0.717, 1.165) is 38.0 Å². The van der Waals surface area contributed by atoms with Gasteiger partial charge in [-0.05, 0) is 43.5 Å². The van der Waals surface area contributed by atoms with Crippen LogP contribution in [0.3, 0.4) is 0 Å². The van der Waals surface area contributed by atoms with Gasteiger partial charge in [-0.3, -0.25) is 9.88 Å². The molecule has 0 bridgehead atoms. The van der Waals surface area contributed by atoms with Crippen LogP contribution in [0.5, 0.6) is 0 Å². The molecular weight excluding hydrogens is 364 g/mol. The summed E-state index contributed by atoms with van der Waals surface area (Å²) in [5, 5.41) is 3.43. The van der Waals surface area contributed by atoms with E-state index in [4.69, 9.17) is 4.74 Å². The van der Waals surface area contributed by atoms with E-state index >= 15 is 0 Å². The van der Waals surface area contributed by atoms with Crippen molar-refractivity contribution in [3.05, 3.63) is 65.5 Å². The molecule has 1 aromatic heterocycles. The Bertz CT molecular complexity index is 814. The van der Waals surface area contributed by atoms with Crippen LogP contribution in [0.25, 0.3) is 0 Å². The predicted octanol–water partition coefficient (Wildman–Crippen LogP) is 3.00.